The van der Waals surface area contributed by atoms with Gasteiger partial charge in [-0.2, -0.15) is 11.3 Å². The number of hydrogen-bond acceptors (Lipinski definition) is 3. The van der Waals surface area contributed by atoms with E-state index in [1.165, 1.54) is 48.0 Å². The van der Waals surface area contributed by atoms with Gasteiger partial charge in [-0.05, 0) is 85.2 Å². The summed E-state index contributed by atoms with van der Waals surface area (Å²) in [4.78, 5) is 2.75. The molecule has 2 saturated heterocycles. The van der Waals surface area contributed by atoms with E-state index in [0.29, 0.717) is 12.1 Å². The molecule has 1 aromatic carbocycles. The van der Waals surface area contributed by atoms with E-state index >= 15 is 0 Å². The summed E-state index contributed by atoms with van der Waals surface area (Å²) in [6.45, 7) is 5.52. The molecule has 1 aromatic heterocycles. The monoisotopic (exact) mass is 379 g/mol. The van der Waals surface area contributed by atoms with Crippen LogP contribution in [-0.2, 0) is 0 Å². The highest BCUT2D eigenvalue weighted by Gasteiger charge is 2.38. The summed E-state index contributed by atoms with van der Waals surface area (Å²) < 4.78 is 5.36. The van der Waals surface area contributed by atoms with Gasteiger partial charge >= 0.3 is 0 Å². The number of fused-ring (bicyclic) bond motifs is 2. The molecule has 0 spiro atoms. The van der Waals surface area contributed by atoms with Gasteiger partial charge in [0.2, 0.25) is 0 Å². The van der Waals surface area contributed by atoms with Crippen molar-refractivity contribution in [2.24, 2.45) is 0 Å². The molecule has 27 heavy (non-hydrogen) atoms. The van der Waals surface area contributed by atoms with Crippen molar-refractivity contribution in [3.05, 3.63) is 69.4 Å². The van der Waals surface area contributed by atoms with E-state index < -0.39 is 0 Å². The fourth-order valence-corrected chi connectivity index (χ4v) is 5.28. The Balaban J connectivity index is 1.68. The molecule has 4 rings (SSSR count). The van der Waals surface area contributed by atoms with Crippen molar-refractivity contribution in [3.8, 4) is 5.75 Å². The van der Waals surface area contributed by atoms with Gasteiger partial charge in [-0.1, -0.05) is 29.4 Å². The van der Waals surface area contributed by atoms with Gasteiger partial charge in [-0.25, -0.2) is 0 Å². The summed E-state index contributed by atoms with van der Waals surface area (Å²) >= 11 is 1.79. The third-order valence-corrected chi connectivity index (χ3v) is 6.67. The predicted molar refractivity (Wildman–Crippen MR) is 116 cm³/mol. The molecule has 2 unspecified atom stereocenters. The maximum atomic E-state index is 5.36. The lowest BCUT2D eigenvalue weighted by Crippen LogP contribution is -2.40. The molecular weight excluding hydrogens is 350 g/mol. The first-order chi connectivity index (χ1) is 13.2. The number of rotatable bonds is 5. The summed E-state index contributed by atoms with van der Waals surface area (Å²) in [5.74, 6) is 0.921. The van der Waals surface area contributed by atoms with E-state index in [0.717, 1.165) is 12.3 Å². The Hall–Kier alpha value is -1.84. The van der Waals surface area contributed by atoms with Crippen LogP contribution in [0.5, 0.6) is 5.75 Å². The molecule has 0 saturated carbocycles. The van der Waals surface area contributed by atoms with Crippen molar-refractivity contribution in [2.45, 2.75) is 51.6 Å². The van der Waals surface area contributed by atoms with Gasteiger partial charge in [0.05, 0.1) is 7.11 Å². The lowest BCUT2D eigenvalue weighted by atomic mass is 9.86. The van der Waals surface area contributed by atoms with Crippen LogP contribution in [0.4, 0.5) is 0 Å². The highest BCUT2D eigenvalue weighted by molar-refractivity contribution is 7.08. The van der Waals surface area contributed by atoms with Crippen LogP contribution in [0.3, 0.4) is 0 Å². The Morgan fingerprint density at radius 1 is 1.07 bits per heavy atom. The molecule has 0 amide bonds. The maximum Gasteiger partial charge on any atom is 0.118 e. The SMILES string of the molecule is COc1ccc(C(=C2CC3CCC(C2)N3CC=C(C)C)c2ccsc2)cc1. The van der Waals surface area contributed by atoms with E-state index in [2.05, 4.69) is 65.9 Å². The summed E-state index contributed by atoms with van der Waals surface area (Å²) in [7, 11) is 1.73. The molecule has 2 bridgehead atoms. The summed E-state index contributed by atoms with van der Waals surface area (Å²) in [6.07, 6.45) is 7.46. The van der Waals surface area contributed by atoms with Crippen LogP contribution >= 0.6 is 11.3 Å². The molecular formula is C24H29NOS. The van der Waals surface area contributed by atoms with Gasteiger partial charge in [-0.3, -0.25) is 4.90 Å². The number of allylic oxidation sites excluding steroid dienone is 1. The third-order valence-electron chi connectivity index (χ3n) is 5.99. The standard InChI is InChI=1S/C24H29NOS/c1-17(2)10-12-25-21-6-7-22(25)15-20(14-21)24(19-11-13-27-16-19)18-4-8-23(26-3)9-5-18/h4-5,8-11,13,16,21-22H,6-7,12,14-15H2,1-3H3. The fourth-order valence-electron chi connectivity index (χ4n) is 4.63. The minimum absolute atomic E-state index is 0.696. The average molecular weight is 380 g/mol. The number of benzene rings is 1. The predicted octanol–water partition coefficient (Wildman–Crippen LogP) is 6.15. The summed E-state index contributed by atoms with van der Waals surface area (Å²) in [5, 5.41) is 4.49. The number of methoxy groups -OCH3 is 1. The first-order valence-electron chi connectivity index (χ1n) is 9.94. The quantitative estimate of drug-likeness (QED) is 0.578. The van der Waals surface area contributed by atoms with Crippen LogP contribution in [0.2, 0.25) is 0 Å². The summed E-state index contributed by atoms with van der Waals surface area (Å²) in [5.41, 5.74) is 7.21. The van der Waals surface area contributed by atoms with Crippen LogP contribution in [0.1, 0.15) is 50.7 Å². The first kappa shape index (κ1) is 18.5. The van der Waals surface area contributed by atoms with Crippen LogP contribution < -0.4 is 4.74 Å². The van der Waals surface area contributed by atoms with E-state index in [1.54, 1.807) is 24.0 Å². The number of thiophene rings is 1. The largest absolute Gasteiger partial charge is 0.497 e. The second-order valence-corrected chi connectivity index (χ2v) is 8.77. The molecule has 2 aliphatic heterocycles. The Labute approximate surface area is 167 Å². The van der Waals surface area contributed by atoms with E-state index in [1.807, 2.05) is 0 Å². The third kappa shape index (κ3) is 3.90. The molecule has 0 aliphatic carbocycles. The van der Waals surface area contributed by atoms with Crippen molar-refractivity contribution in [1.82, 2.24) is 4.90 Å². The topological polar surface area (TPSA) is 12.5 Å². The molecule has 0 N–H and O–H groups in total. The lowest BCUT2D eigenvalue weighted by molar-refractivity contribution is 0.186. The smallest absolute Gasteiger partial charge is 0.118 e. The maximum absolute atomic E-state index is 5.36. The average Bonchev–Trinajstić information content (AvgIpc) is 3.27. The Morgan fingerprint density at radius 3 is 2.33 bits per heavy atom. The number of piperidine rings is 1. The van der Waals surface area contributed by atoms with Gasteiger partial charge < -0.3 is 4.74 Å². The number of ether oxygens (including phenoxy) is 1. The molecule has 3 heteroatoms. The van der Waals surface area contributed by atoms with Gasteiger partial charge in [-0.15, -0.1) is 0 Å². The van der Waals surface area contributed by atoms with Crippen LogP contribution in [-0.4, -0.2) is 30.6 Å². The van der Waals surface area contributed by atoms with Crippen LogP contribution in [0.15, 0.2) is 58.3 Å². The van der Waals surface area contributed by atoms with Crippen molar-refractivity contribution in [1.29, 1.82) is 0 Å². The van der Waals surface area contributed by atoms with Crippen LogP contribution in [0.25, 0.3) is 5.57 Å². The Morgan fingerprint density at radius 2 is 1.78 bits per heavy atom. The number of nitrogens with zero attached hydrogens (tertiary/aromatic N) is 1. The molecule has 3 heterocycles. The second kappa shape index (κ2) is 8.04. The van der Waals surface area contributed by atoms with E-state index in [9.17, 15) is 0 Å². The molecule has 142 valence electrons. The molecule has 2 fully saturated rings. The van der Waals surface area contributed by atoms with E-state index in [4.69, 9.17) is 4.74 Å². The van der Waals surface area contributed by atoms with Crippen molar-refractivity contribution >= 4 is 16.9 Å². The Kier molecular flexibility index (Phi) is 5.51. The van der Waals surface area contributed by atoms with E-state index in [-0.39, 0.29) is 0 Å². The van der Waals surface area contributed by atoms with Gasteiger partial charge in [0.25, 0.3) is 0 Å². The van der Waals surface area contributed by atoms with Gasteiger partial charge in [0.15, 0.2) is 0 Å². The minimum atomic E-state index is 0.696. The molecule has 2 nitrogen and oxygen atoms in total. The molecule has 2 aromatic rings. The first-order valence-corrected chi connectivity index (χ1v) is 10.9. The van der Waals surface area contributed by atoms with Gasteiger partial charge in [0.1, 0.15) is 5.75 Å². The highest BCUT2D eigenvalue weighted by atomic mass is 32.1. The summed E-state index contributed by atoms with van der Waals surface area (Å²) in [6, 6.07) is 12.3. The zero-order chi connectivity index (χ0) is 18.8. The zero-order valence-electron chi connectivity index (χ0n) is 16.6. The van der Waals surface area contributed by atoms with Crippen molar-refractivity contribution < 1.29 is 4.74 Å². The Bertz CT molecular complexity index is 812. The zero-order valence-corrected chi connectivity index (χ0v) is 17.4. The van der Waals surface area contributed by atoms with Crippen molar-refractivity contribution in [2.75, 3.05) is 13.7 Å². The highest BCUT2D eigenvalue weighted by Crippen LogP contribution is 2.43. The molecule has 2 atom stereocenters. The lowest BCUT2D eigenvalue weighted by Gasteiger charge is -2.36. The van der Waals surface area contributed by atoms with Crippen LogP contribution in [0, 0.1) is 0 Å². The molecule has 0 radical (unpaired) electrons. The second-order valence-electron chi connectivity index (χ2n) is 7.99. The minimum Gasteiger partial charge on any atom is -0.497 e. The normalized spacial score (nSPS) is 22.0. The molecule has 2 aliphatic rings. The van der Waals surface area contributed by atoms with Crippen molar-refractivity contribution in [3.63, 3.8) is 0 Å². The van der Waals surface area contributed by atoms with Gasteiger partial charge in [0, 0.05) is 18.6 Å². The number of hydrogen-bond donors (Lipinski definition) is 0. The fraction of sp³-hybridized carbons (Fsp3) is 0.417.